The van der Waals surface area contributed by atoms with Crippen LogP contribution in [0.1, 0.15) is 36.8 Å². The summed E-state index contributed by atoms with van der Waals surface area (Å²) in [7, 11) is 0.856. The molecule has 0 unspecified atom stereocenters. The van der Waals surface area contributed by atoms with Crippen molar-refractivity contribution >= 4 is 42.0 Å². The molecule has 3 amide bonds. The number of piperidine rings is 1. The average molecular weight is 617 g/mol. The number of para-hydroxylation sites is 1. The first-order valence-electron chi connectivity index (χ1n) is 15.1. The molecule has 12 heteroatoms. The van der Waals surface area contributed by atoms with E-state index >= 15 is 0 Å². The van der Waals surface area contributed by atoms with Gasteiger partial charge in [-0.1, -0.05) is 30.3 Å². The molecule has 0 atom stereocenters. The summed E-state index contributed by atoms with van der Waals surface area (Å²) >= 11 is 0. The van der Waals surface area contributed by atoms with Crippen LogP contribution >= 0.6 is 0 Å². The summed E-state index contributed by atoms with van der Waals surface area (Å²) in [6.07, 6.45) is 2.31. The van der Waals surface area contributed by atoms with Crippen molar-refractivity contribution in [3.63, 3.8) is 0 Å². The quantitative estimate of drug-likeness (QED) is 0.118. The van der Waals surface area contributed by atoms with E-state index in [9.17, 15) is 19.4 Å². The van der Waals surface area contributed by atoms with Crippen molar-refractivity contribution in [1.29, 1.82) is 0 Å². The second kappa shape index (κ2) is 16.5. The predicted molar refractivity (Wildman–Crippen MR) is 175 cm³/mol. The number of carbonyl (C=O) groups excluding carboxylic acids is 3. The van der Waals surface area contributed by atoms with Gasteiger partial charge in [-0.15, -0.1) is 0 Å². The van der Waals surface area contributed by atoms with Gasteiger partial charge in [-0.2, -0.15) is 0 Å². The van der Waals surface area contributed by atoms with Crippen LogP contribution in [-0.2, 0) is 20.7 Å². The van der Waals surface area contributed by atoms with Crippen LogP contribution in [0, 0.1) is 6.92 Å². The number of aryl methyl sites for hydroxylation is 1. The largest absolute Gasteiger partial charge is 0.490 e. The summed E-state index contributed by atoms with van der Waals surface area (Å²) in [5, 5.41) is 18.4. The Bertz CT molecular complexity index is 1440. The molecule has 1 fully saturated rings. The highest BCUT2D eigenvalue weighted by Crippen LogP contribution is 2.33. The number of carbonyl (C=O) groups is 3. The lowest BCUT2D eigenvalue weighted by atomic mass is 9.82. The standard InChI is InChI=1S/C33H41BN4O7/c1-23-7-4-5-8-28(23)37-33(41)36-25-12-10-24(11-13-25)21-31(39)35-26-14-15-29(30(22-26)44-20-6-9-32(40)43-3)45-27-16-18-38(19-17-27)34(2)42/h4-5,7-8,10-15,22,27,42H,6,9,16-21H2,1-3H3,(H,35,39)(H2,36,37,41). The van der Waals surface area contributed by atoms with Crippen LogP contribution in [-0.4, -0.2) is 67.7 Å². The molecule has 4 rings (SSSR count). The van der Waals surface area contributed by atoms with Crippen molar-refractivity contribution in [3.05, 3.63) is 77.9 Å². The maximum absolute atomic E-state index is 12.9. The van der Waals surface area contributed by atoms with E-state index in [2.05, 4.69) is 16.0 Å². The van der Waals surface area contributed by atoms with E-state index in [1.807, 2.05) is 36.0 Å². The normalized spacial score (nSPS) is 13.4. The van der Waals surface area contributed by atoms with E-state index < -0.39 is 7.05 Å². The number of anilines is 3. The summed E-state index contributed by atoms with van der Waals surface area (Å²) in [5.74, 6) is 0.491. The zero-order chi connectivity index (χ0) is 32.2. The Morgan fingerprint density at radius 1 is 0.933 bits per heavy atom. The van der Waals surface area contributed by atoms with E-state index in [0.717, 1.165) is 42.7 Å². The molecule has 1 aliphatic heterocycles. The Morgan fingerprint density at radius 2 is 1.64 bits per heavy atom. The van der Waals surface area contributed by atoms with Gasteiger partial charge in [0.05, 0.1) is 20.1 Å². The fourth-order valence-corrected chi connectivity index (χ4v) is 4.94. The zero-order valence-electron chi connectivity index (χ0n) is 26.0. The van der Waals surface area contributed by atoms with Crippen LogP contribution in [0.2, 0.25) is 6.82 Å². The summed E-state index contributed by atoms with van der Waals surface area (Å²) in [5.41, 5.74) is 3.62. The topological polar surface area (TPSA) is 138 Å². The average Bonchev–Trinajstić information content (AvgIpc) is 3.02. The van der Waals surface area contributed by atoms with Crippen molar-refractivity contribution in [3.8, 4) is 11.5 Å². The number of hydrogen-bond donors (Lipinski definition) is 4. The molecular formula is C33H41BN4O7. The molecule has 1 aliphatic rings. The van der Waals surface area contributed by atoms with Crippen molar-refractivity contribution < 1.29 is 33.6 Å². The van der Waals surface area contributed by atoms with Gasteiger partial charge in [-0.05, 0) is 87.6 Å². The SMILES string of the molecule is COC(=O)CCCOc1cc(NC(=O)Cc2ccc(NC(=O)Nc3ccccc3C)cc2)ccc1OC1CCN(B(C)O)CC1. The first-order chi connectivity index (χ1) is 21.7. The molecule has 0 aliphatic carbocycles. The number of ether oxygens (including phenoxy) is 3. The zero-order valence-corrected chi connectivity index (χ0v) is 26.0. The summed E-state index contributed by atoms with van der Waals surface area (Å²) < 4.78 is 17.0. The Labute approximate surface area is 264 Å². The van der Waals surface area contributed by atoms with E-state index in [-0.39, 0.29) is 43.5 Å². The maximum atomic E-state index is 12.9. The number of benzene rings is 3. The number of rotatable bonds is 13. The molecule has 0 radical (unpaired) electrons. The van der Waals surface area contributed by atoms with Crippen molar-refractivity contribution in [2.75, 3.05) is 42.8 Å². The predicted octanol–water partition coefficient (Wildman–Crippen LogP) is 5.11. The Kier molecular flexibility index (Phi) is 12.2. The van der Waals surface area contributed by atoms with Crippen LogP contribution in [0.15, 0.2) is 66.7 Å². The van der Waals surface area contributed by atoms with E-state index in [1.165, 1.54) is 7.11 Å². The molecule has 0 spiro atoms. The van der Waals surface area contributed by atoms with E-state index in [0.29, 0.717) is 29.3 Å². The minimum atomic E-state index is -0.493. The first-order valence-corrected chi connectivity index (χ1v) is 15.1. The molecule has 3 aromatic rings. The number of esters is 1. The maximum Gasteiger partial charge on any atom is 0.376 e. The first kappa shape index (κ1) is 33.4. The van der Waals surface area contributed by atoms with E-state index in [4.69, 9.17) is 14.2 Å². The summed E-state index contributed by atoms with van der Waals surface area (Å²) in [4.78, 5) is 38.8. The summed E-state index contributed by atoms with van der Waals surface area (Å²) in [6, 6.07) is 19.5. The monoisotopic (exact) mass is 616 g/mol. The molecule has 3 aromatic carbocycles. The van der Waals surface area contributed by atoms with Crippen LogP contribution in [0.3, 0.4) is 0 Å². The molecule has 45 heavy (non-hydrogen) atoms. The van der Waals surface area contributed by atoms with Gasteiger partial charge in [0.2, 0.25) is 5.91 Å². The lowest BCUT2D eigenvalue weighted by Gasteiger charge is -2.33. The molecule has 0 aromatic heterocycles. The lowest BCUT2D eigenvalue weighted by molar-refractivity contribution is -0.140. The molecule has 238 valence electrons. The number of nitrogens with zero attached hydrogens (tertiary/aromatic N) is 1. The lowest BCUT2D eigenvalue weighted by Crippen LogP contribution is -2.45. The van der Waals surface area contributed by atoms with Gasteiger partial charge in [-0.3, -0.25) is 9.59 Å². The van der Waals surface area contributed by atoms with Crippen LogP contribution < -0.4 is 25.4 Å². The third kappa shape index (κ3) is 10.5. The van der Waals surface area contributed by atoms with Crippen LogP contribution in [0.5, 0.6) is 11.5 Å². The molecule has 4 N–H and O–H groups in total. The third-order valence-corrected chi connectivity index (χ3v) is 7.51. The van der Waals surface area contributed by atoms with Crippen molar-refractivity contribution in [2.24, 2.45) is 0 Å². The number of urea groups is 1. The van der Waals surface area contributed by atoms with Gasteiger partial charge in [0.25, 0.3) is 0 Å². The Balaban J connectivity index is 1.33. The minimum absolute atomic E-state index is 0.0381. The second-order valence-corrected chi connectivity index (χ2v) is 11.0. The van der Waals surface area contributed by atoms with E-state index in [1.54, 1.807) is 49.3 Å². The Hall–Kier alpha value is -4.55. The molecule has 0 bridgehead atoms. The van der Waals surface area contributed by atoms with Gasteiger partial charge in [0.1, 0.15) is 6.10 Å². The third-order valence-electron chi connectivity index (χ3n) is 7.51. The highest BCUT2D eigenvalue weighted by atomic mass is 16.5. The van der Waals surface area contributed by atoms with Gasteiger partial charge in [0, 0.05) is 29.5 Å². The van der Waals surface area contributed by atoms with Crippen molar-refractivity contribution in [1.82, 2.24) is 4.81 Å². The number of nitrogens with one attached hydrogen (secondary N) is 3. The number of hydrogen-bond acceptors (Lipinski definition) is 8. The van der Waals surface area contributed by atoms with Gasteiger partial charge in [-0.25, -0.2) is 4.79 Å². The van der Waals surface area contributed by atoms with Gasteiger partial charge < -0.3 is 40.0 Å². The van der Waals surface area contributed by atoms with Gasteiger partial charge in [0.15, 0.2) is 11.5 Å². The molecule has 1 saturated heterocycles. The Morgan fingerprint density at radius 3 is 2.33 bits per heavy atom. The van der Waals surface area contributed by atoms with Crippen LogP contribution in [0.25, 0.3) is 0 Å². The summed E-state index contributed by atoms with van der Waals surface area (Å²) in [6.45, 7) is 5.40. The highest BCUT2D eigenvalue weighted by Gasteiger charge is 2.26. The fourth-order valence-electron chi connectivity index (χ4n) is 4.94. The molecule has 1 heterocycles. The smallest absolute Gasteiger partial charge is 0.376 e. The molecule has 0 saturated carbocycles. The highest BCUT2D eigenvalue weighted by molar-refractivity contribution is 6.45. The fraction of sp³-hybridized carbons (Fsp3) is 0.364. The molecule has 11 nitrogen and oxygen atoms in total. The molecular weight excluding hydrogens is 575 g/mol. The van der Waals surface area contributed by atoms with Crippen LogP contribution in [0.4, 0.5) is 21.9 Å². The second-order valence-electron chi connectivity index (χ2n) is 11.0. The number of methoxy groups -OCH3 is 1. The number of amides is 3. The minimum Gasteiger partial charge on any atom is -0.490 e. The van der Waals surface area contributed by atoms with Crippen molar-refractivity contribution in [2.45, 2.75) is 52.0 Å². The van der Waals surface area contributed by atoms with Gasteiger partial charge >= 0.3 is 19.1 Å².